The van der Waals surface area contributed by atoms with Gasteiger partial charge in [-0.3, -0.25) is 9.78 Å². The van der Waals surface area contributed by atoms with E-state index in [1.165, 1.54) is 12.3 Å². The quantitative estimate of drug-likeness (QED) is 0.859. The van der Waals surface area contributed by atoms with Crippen molar-refractivity contribution < 1.29 is 18.0 Å². The predicted octanol–water partition coefficient (Wildman–Crippen LogP) is 4.72. The van der Waals surface area contributed by atoms with Crippen molar-refractivity contribution in [3.63, 3.8) is 0 Å². The number of hydrogen-bond donors (Lipinski definition) is 1. The first-order valence-electron chi connectivity index (χ1n) is 8.52. The summed E-state index contributed by atoms with van der Waals surface area (Å²) in [5, 5.41) is 2.91. The number of carbonyl (C=O) groups excluding carboxylic acids is 1. The number of nitrogens with zero attached hydrogens (tertiary/aromatic N) is 2. The fraction of sp³-hybridized carbons (Fsp3) is 0.368. The van der Waals surface area contributed by atoms with Crippen molar-refractivity contribution in [2.24, 2.45) is 5.92 Å². The molecule has 1 aliphatic rings. The van der Waals surface area contributed by atoms with Crippen molar-refractivity contribution in [1.29, 1.82) is 0 Å². The monoisotopic (exact) mass is 363 g/mol. The van der Waals surface area contributed by atoms with Crippen LogP contribution in [0.3, 0.4) is 0 Å². The minimum absolute atomic E-state index is 0.149. The normalized spacial score (nSPS) is 15.8. The van der Waals surface area contributed by atoms with Crippen LogP contribution in [0.1, 0.15) is 35.8 Å². The molecule has 0 radical (unpaired) electrons. The molecule has 3 rings (SSSR count). The van der Waals surface area contributed by atoms with Crippen LogP contribution < -0.4 is 5.32 Å². The molecule has 0 saturated carbocycles. The van der Waals surface area contributed by atoms with E-state index in [-0.39, 0.29) is 11.6 Å². The standard InChI is InChI=1S/C19H20F3N3O/c1-13-6-9-25(10-7-13)18(26)17-12-16(5-8-23-17)24-15-4-2-3-14(11-15)19(20,21)22/h2-5,8,11-13H,6-7,9-10H2,1H3,(H,23,24). The average Bonchev–Trinajstić information content (AvgIpc) is 2.61. The van der Waals surface area contributed by atoms with Crippen molar-refractivity contribution in [2.45, 2.75) is 25.9 Å². The highest BCUT2D eigenvalue weighted by atomic mass is 19.4. The Balaban J connectivity index is 1.74. The maximum atomic E-state index is 12.8. The van der Waals surface area contributed by atoms with E-state index in [1.54, 1.807) is 23.1 Å². The van der Waals surface area contributed by atoms with Gasteiger partial charge in [-0.25, -0.2) is 0 Å². The lowest BCUT2D eigenvalue weighted by molar-refractivity contribution is -0.137. The number of carbonyl (C=O) groups is 1. The molecule has 0 unspecified atom stereocenters. The summed E-state index contributed by atoms with van der Waals surface area (Å²) in [6, 6.07) is 8.13. The molecule has 1 aromatic carbocycles. The Bertz CT molecular complexity index is 784. The number of alkyl halides is 3. The van der Waals surface area contributed by atoms with E-state index in [4.69, 9.17) is 0 Å². The highest BCUT2D eigenvalue weighted by Crippen LogP contribution is 2.31. The van der Waals surface area contributed by atoms with Gasteiger partial charge in [-0.1, -0.05) is 13.0 Å². The van der Waals surface area contributed by atoms with Gasteiger partial charge in [0.2, 0.25) is 0 Å². The number of pyridine rings is 1. The first kappa shape index (κ1) is 18.2. The second kappa shape index (κ2) is 7.35. The van der Waals surface area contributed by atoms with Gasteiger partial charge in [-0.05, 0) is 49.1 Å². The molecule has 4 nitrogen and oxygen atoms in total. The summed E-state index contributed by atoms with van der Waals surface area (Å²) >= 11 is 0. The van der Waals surface area contributed by atoms with E-state index in [1.807, 2.05) is 0 Å². The summed E-state index contributed by atoms with van der Waals surface area (Å²) in [6.07, 6.45) is -0.986. The molecular formula is C19H20F3N3O. The predicted molar refractivity (Wildman–Crippen MR) is 93.3 cm³/mol. The van der Waals surface area contributed by atoms with Crippen LogP contribution in [0.2, 0.25) is 0 Å². The summed E-state index contributed by atoms with van der Waals surface area (Å²) in [5.74, 6) is 0.463. The van der Waals surface area contributed by atoms with Gasteiger partial charge in [0.15, 0.2) is 0 Å². The van der Waals surface area contributed by atoms with Crippen molar-refractivity contribution in [1.82, 2.24) is 9.88 Å². The van der Waals surface area contributed by atoms with E-state index >= 15 is 0 Å². The van der Waals surface area contributed by atoms with Crippen LogP contribution in [0.25, 0.3) is 0 Å². The van der Waals surface area contributed by atoms with E-state index < -0.39 is 11.7 Å². The minimum atomic E-state index is -4.40. The molecule has 0 aliphatic carbocycles. The van der Waals surface area contributed by atoms with Crippen LogP contribution in [0.15, 0.2) is 42.6 Å². The number of amides is 1. The summed E-state index contributed by atoms with van der Waals surface area (Å²) < 4.78 is 38.5. The molecule has 0 bridgehead atoms. The molecule has 1 aromatic heterocycles. The molecule has 1 amide bonds. The molecule has 1 saturated heterocycles. The third kappa shape index (κ3) is 4.33. The van der Waals surface area contributed by atoms with Gasteiger partial charge in [-0.15, -0.1) is 0 Å². The second-order valence-electron chi connectivity index (χ2n) is 6.61. The molecule has 7 heteroatoms. The Kier molecular flexibility index (Phi) is 5.15. The largest absolute Gasteiger partial charge is 0.416 e. The number of nitrogens with one attached hydrogen (secondary N) is 1. The van der Waals surface area contributed by atoms with Gasteiger partial charge in [0.25, 0.3) is 5.91 Å². The molecule has 0 atom stereocenters. The number of halogens is 3. The number of piperidine rings is 1. The molecule has 26 heavy (non-hydrogen) atoms. The highest BCUT2D eigenvalue weighted by molar-refractivity contribution is 5.93. The number of hydrogen-bond acceptors (Lipinski definition) is 3. The zero-order valence-corrected chi connectivity index (χ0v) is 14.4. The molecule has 1 aliphatic heterocycles. The van der Waals surface area contributed by atoms with Gasteiger partial charge in [0, 0.05) is 30.7 Å². The van der Waals surface area contributed by atoms with Gasteiger partial charge < -0.3 is 10.2 Å². The molecule has 2 heterocycles. The number of likely N-dealkylation sites (tertiary alicyclic amines) is 1. The zero-order valence-electron chi connectivity index (χ0n) is 14.4. The van der Waals surface area contributed by atoms with Crippen LogP contribution in [-0.4, -0.2) is 28.9 Å². The van der Waals surface area contributed by atoms with Crippen LogP contribution >= 0.6 is 0 Å². The van der Waals surface area contributed by atoms with Crippen LogP contribution in [0.5, 0.6) is 0 Å². The lowest BCUT2D eigenvalue weighted by Crippen LogP contribution is -2.38. The number of benzene rings is 1. The van der Waals surface area contributed by atoms with Gasteiger partial charge in [0.1, 0.15) is 5.69 Å². The molecule has 0 spiro atoms. The first-order valence-corrected chi connectivity index (χ1v) is 8.52. The average molecular weight is 363 g/mol. The SMILES string of the molecule is CC1CCN(C(=O)c2cc(Nc3cccc(C(F)(F)F)c3)ccn2)CC1. The maximum absolute atomic E-state index is 12.8. The Morgan fingerprint density at radius 2 is 1.85 bits per heavy atom. The van der Waals surface area contributed by atoms with E-state index in [2.05, 4.69) is 17.2 Å². The van der Waals surface area contributed by atoms with Gasteiger partial charge in [-0.2, -0.15) is 13.2 Å². The Morgan fingerprint density at radius 3 is 2.54 bits per heavy atom. The summed E-state index contributed by atoms with van der Waals surface area (Å²) in [4.78, 5) is 18.5. The van der Waals surface area contributed by atoms with E-state index in [0.717, 1.165) is 25.0 Å². The lowest BCUT2D eigenvalue weighted by Gasteiger charge is -2.30. The third-order valence-corrected chi connectivity index (χ3v) is 4.53. The van der Waals surface area contributed by atoms with Gasteiger partial charge in [0.05, 0.1) is 5.56 Å². The minimum Gasteiger partial charge on any atom is -0.355 e. The molecular weight excluding hydrogens is 343 g/mol. The molecule has 1 N–H and O–H groups in total. The molecule has 2 aromatic rings. The third-order valence-electron chi connectivity index (χ3n) is 4.53. The highest BCUT2D eigenvalue weighted by Gasteiger charge is 2.30. The topological polar surface area (TPSA) is 45.2 Å². The Labute approximate surface area is 150 Å². The van der Waals surface area contributed by atoms with Crippen LogP contribution in [-0.2, 0) is 6.18 Å². The van der Waals surface area contributed by atoms with Crippen LogP contribution in [0.4, 0.5) is 24.5 Å². The first-order chi connectivity index (χ1) is 12.3. The summed E-state index contributed by atoms with van der Waals surface area (Å²) in [6.45, 7) is 3.57. The summed E-state index contributed by atoms with van der Waals surface area (Å²) in [5.41, 5.74) is 0.385. The summed E-state index contributed by atoms with van der Waals surface area (Å²) in [7, 11) is 0. The van der Waals surface area contributed by atoms with Crippen molar-refractivity contribution in [3.05, 3.63) is 53.9 Å². The van der Waals surface area contributed by atoms with Crippen LogP contribution in [0, 0.1) is 5.92 Å². The molecule has 138 valence electrons. The van der Waals surface area contributed by atoms with Crippen molar-refractivity contribution in [2.75, 3.05) is 18.4 Å². The van der Waals surface area contributed by atoms with E-state index in [9.17, 15) is 18.0 Å². The van der Waals surface area contributed by atoms with Crippen molar-refractivity contribution in [3.8, 4) is 0 Å². The number of anilines is 2. The second-order valence-corrected chi connectivity index (χ2v) is 6.61. The molecule has 1 fully saturated rings. The maximum Gasteiger partial charge on any atom is 0.416 e. The van der Waals surface area contributed by atoms with E-state index in [0.29, 0.717) is 30.4 Å². The Hall–Kier alpha value is -2.57. The number of rotatable bonds is 3. The zero-order chi connectivity index (χ0) is 18.7. The van der Waals surface area contributed by atoms with Crippen molar-refractivity contribution >= 4 is 17.3 Å². The fourth-order valence-corrected chi connectivity index (χ4v) is 2.94. The number of aromatic nitrogens is 1. The Morgan fingerprint density at radius 1 is 1.15 bits per heavy atom. The van der Waals surface area contributed by atoms with Gasteiger partial charge >= 0.3 is 6.18 Å². The lowest BCUT2D eigenvalue weighted by atomic mass is 9.99. The fourth-order valence-electron chi connectivity index (χ4n) is 2.94. The smallest absolute Gasteiger partial charge is 0.355 e.